The maximum absolute atomic E-state index is 9.22. The third-order valence-electron chi connectivity index (χ3n) is 1.61. The van der Waals surface area contributed by atoms with Crippen LogP contribution < -0.4 is 10.5 Å². The third kappa shape index (κ3) is 3.24. The molecular formula is C9H11Br2NO2. The number of hydrogen-bond acceptors (Lipinski definition) is 3. The zero-order valence-electron chi connectivity index (χ0n) is 7.41. The predicted octanol–water partition coefficient (Wildman–Crippen LogP) is 1.91. The maximum Gasteiger partial charge on any atom is 0.147 e. The summed E-state index contributed by atoms with van der Waals surface area (Å²) in [5, 5.41) is 9.22. The molecule has 0 radical (unpaired) electrons. The smallest absolute Gasteiger partial charge is 0.147 e. The average Bonchev–Trinajstić information content (AvgIpc) is 2.16. The van der Waals surface area contributed by atoms with Crippen molar-refractivity contribution in [3.8, 4) is 5.75 Å². The fraction of sp³-hybridized carbons (Fsp3) is 0.333. The van der Waals surface area contributed by atoms with Gasteiger partial charge in [-0.25, -0.2) is 0 Å². The van der Waals surface area contributed by atoms with Crippen LogP contribution in [0.3, 0.4) is 0 Å². The van der Waals surface area contributed by atoms with Gasteiger partial charge in [0.15, 0.2) is 0 Å². The highest BCUT2D eigenvalue weighted by Gasteiger charge is 2.08. The Kier molecular flexibility index (Phi) is 4.88. The van der Waals surface area contributed by atoms with E-state index in [9.17, 15) is 5.11 Å². The van der Waals surface area contributed by atoms with E-state index in [1.54, 1.807) is 0 Å². The fourth-order valence-corrected chi connectivity index (χ4v) is 2.10. The lowest BCUT2D eigenvalue weighted by Crippen LogP contribution is -2.26. The van der Waals surface area contributed by atoms with Crippen LogP contribution in [0.15, 0.2) is 27.1 Å². The van der Waals surface area contributed by atoms with Gasteiger partial charge in [-0.2, -0.15) is 0 Å². The van der Waals surface area contributed by atoms with Gasteiger partial charge in [0.05, 0.1) is 8.95 Å². The van der Waals surface area contributed by atoms with E-state index in [-0.39, 0.29) is 13.2 Å². The predicted molar refractivity (Wildman–Crippen MR) is 62.4 cm³/mol. The summed E-state index contributed by atoms with van der Waals surface area (Å²) in [6.45, 7) is 0.389. The Morgan fingerprint density at radius 1 is 1.36 bits per heavy atom. The average molecular weight is 325 g/mol. The zero-order valence-corrected chi connectivity index (χ0v) is 10.6. The van der Waals surface area contributed by atoms with Crippen LogP contribution in [0.25, 0.3) is 0 Å². The number of nitrogens with two attached hydrogens (primary N) is 1. The van der Waals surface area contributed by atoms with Crippen LogP contribution in [0.2, 0.25) is 0 Å². The second-order valence-electron chi connectivity index (χ2n) is 2.75. The van der Waals surface area contributed by atoms with Crippen molar-refractivity contribution in [3.63, 3.8) is 0 Å². The summed E-state index contributed by atoms with van der Waals surface area (Å²) in [5.41, 5.74) is 5.26. The zero-order chi connectivity index (χ0) is 10.6. The van der Waals surface area contributed by atoms with Gasteiger partial charge < -0.3 is 15.6 Å². The summed E-state index contributed by atoms with van der Waals surface area (Å²) < 4.78 is 7.08. The van der Waals surface area contributed by atoms with Gasteiger partial charge in [0, 0.05) is 6.54 Å². The van der Waals surface area contributed by atoms with E-state index in [1.807, 2.05) is 18.2 Å². The number of hydrogen-bond donors (Lipinski definition) is 2. The maximum atomic E-state index is 9.22. The highest BCUT2D eigenvalue weighted by molar-refractivity contribution is 9.11. The molecule has 1 aromatic rings. The van der Waals surface area contributed by atoms with Crippen molar-refractivity contribution >= 4 is 31.9 Å². The summed E-state index contributed by atoms with van der Waals surface area (Å²) in [6, 6.07) is 5.63. The summed E-state index contributed by atoms with van der Waals surface area (Å²) in [7, 11) is 0. The lowest BCUT2D eigenvalue weighted by molar-refractivity contribution is 0.113. The highest BCUT2D eigenvalue weighted by atomic mass is 79.9. The Bertz CT molecular complexity index is 287. The van der Waals surface area contributed by atoms with Crippen LogP contribution in [0.5, 0.6) is 5.75 Å². The Morgan fingerprint density at radius 2 is 1.93 bits per heavy atom. The summed E-state index contributed by atoms with van der Waals surface area (Å²) >= 11 is 6.70. The van der Waals surface area contributed by atoms with Crippen LogP contribution in [-0.2, 0) is 0 Å². The van der Waals surface area contributed by atoms with E-state index < -0.39 is 6.10 Å². The lowest BCUT2D eigenvalue weighted by Gasteiger charge is -2.12. The molecule has 0 saturated carbocycles. The lowest BCUT2D eigenvalue weighted by atomic mass is 10.3. The van der Waals surface area contributed by atoms with Crippen molar-refractivity contribution in [1.29, 1.82) is 0 Å². The van der Waals surface area contributed by atoms with Gasteiger partial charge in [0.2, 0.25) is 0 Å². The number of para-hydroxylation sites is 1. The van der Waals surface area contributed by atoms with Gasteiger partial charge in [0.25, 0.3) is 0 Å². The minimum Gasteiger partial charge on any atom is -0.488 e. The van der Waals surface area contributed by atoms with Crippen molar-refractivity contribution in [1.82, 2.24) is 0 Å². The van der Waals surface area contributed by atoms with Crippen molar-refractivity contribution < 1.29 is 9.84 Å². The molecule has 3 N–H and O–H groups in total. The molecule has 3 nitrogen and oxygen atoms in total. The molecule has 1 unspecified atom stereocenters. The largest absolute Gasteiger partial charge is 0.488 e. The molecule has 0 amide bonds. The minimum absolute atomic E-state index is 0.192. The summed E-state index contributed by atoms with van der Waals surface area (Å²) in [5.74, 6) is 0.681. The molecule has 0 aliphatic rings. The van der Waals surface area contributed by atoms with Crippen molar-refractivity contribution in [2.24, 2.45) is 5.73 Å². The number of ether oxygens (including phenoxy) is 1. The number of aliphatic hydroxyl groups is 1. The number of rotatable bonds is 4. The normalized spacial score (nSPS) is 12.6. The molecule has 0 aromatic heterocycles. The topological polar surface area (TPSA) is 55.5 Å². The summed E-state index contributed by atoms with van der Waals surface area (Å²) in [6.07, 6.45) is -0.631. The molecule has 14 heavy (non-hydrogen) atoms. The molecule has 0 aliphatic carbocycles. The fourth-order valence-electron chi connectivity index (χ4n) is 0.868. The monoisotopic (exact) mass is 323 g/mol. The Hall–Kier alpha value is -0.100. The van der Waals surface area contributed by atoms with E-state index in [0.29, 0.717) is 5.75 Å². The molecule has 0 heterocycles. The van der Waals surface area contributed by atoms with Gasteiger partial charge in [-0.05, 0) is 44.0 Å². The van der Waals surface area contributed by atoms with Crippen molar-refractivity contribution in [2.75, 3.05) is 13.2 Å². The first-order chi connectivity index (χ1) is 6.65. The minimum atomic E-state index is -0.631. The molecule has 0 saturated heterocycles. The first kappa shape index (κ1) is 12.0. The molecule has 1 rings (SSSR count). The first-order valence-electron chi connectivity index (χ1n) is 4.10. The second kappa shape index (κ2) is 5.70. The Morgan fingerprint density at radius 3 is 2.43 bits per heavy atom. The van der Waals surface area contributed by atoms with Crippen LogP contribution in [0.4, 0.5) is 0 Å². The quantitative estimate of drug-likeness (QED) is 0.889. The van der Waals surface area contributed by atoms with E-state index >= 15 is 0 Å². The molecular weight excluding hydrogens is 314 g/mol. The van der Waals surface area contributed by atoms with Gasteiger partial charge in [-0.3, -0.25) is 0 Å². The molecule has 1 aromatic carbocycles. The van der Waals surface area contributed by atoms with Crippen LogP contribution >= 0.6 is 31.9 Å². The molecule has 0 fully saturated rings. The first-order valence-corrected chi connectivity index (χ1v) is 5.68. The van der Waals surface area contributed by atoms with E-state index in [4.69, 9.17) is 10.5 Å². The van der Waals surface area contributed by atoms with Gasteiger partial charge in [0.1, 0.15) is 18.5 Å². The number of halogens is 2. The molecule has 0 aliphatic heterocycles. The SMILES string of the molecule is NCC(O)COc1c(Br)cccc1Br. The highest BCUT2D eigenvalue weighted by Crippen LogP contribution is 2.32. The van der Waals surface area contributed by atoms with E-state index in [0.717, 1.165) is 8.95 Å². The van der Waals surface area contributed by atoms with Gasteiger partial charge in [-0.1, -0.05) is 6.07 Å². The summed E-state index contributed by atoms with van der Waals surface area (Å²) in [4.78, 5) is 0. The van der Waals surface area contributed by atoms with Crippen LogP contribution in [0.1, 0.15) is 0 Å². The Balaban J connectivity index is 2.66. The molecule has 1 atom stereocenters. The van der Waals surface area contributed by atoms with Crippen LogP contribution in [0, 0.1) is 0 Å². The molecule has 78 valence electrons. The van der Waals surface area contributed by atoms with Crippen molar-refractivity contribution in [2.45, 2.75) is 6.10 Å². The van der Waals surface area contributed by atoms with Crippen LogP contribution in [-0.4, -0.2) is 24.4 Å². The third-order valence-corrected chi connectivity index (χ3v) is 2.86. The number of benzene rings is 1. The molecule has 0 spiro atoms. The van der Waals surface area contributed by atoms with Crippen molar-refractivity contribution in [3.05, 3.63) is 27.1 Å². The van der Waals surface area contributed by atoms with Gasteiger partial charge in [-0.15, -0.1) is 0 Å². The molecule has 5 heteroatoms. The molecule has 0 bridgehead atoms. The van der Waals surface area contributed by atoms with Gasteiger partial charge >= 0.3 is 0 Å². The van der Waals surface area contributed by atoms with E-state index in [2.05, 4.69) is 31.9 Å². The Labute approximate surface area is 99.5 Å². The number of aliphatic hydroxyl groups excluding tert-OH is 1. The van der Waals surface area contributed by atoms with E-state index in [1.165, 1.54) is 0 Å². The second-order valence-corrected chi connectivity index (χ2v) is 4.46. The standard InChI is InChI=1S/C9H11Br2NO2/c10-7-2-1-3-8(11)9(7)14-5-6(13)4-12/h1-3,6,13H,4-5,12H2.